The summed E-state index contributed by atoms with van der Waals surface area (Å²) in [4.78, 5) is 10.9. The third kappa shape index (κ3) is 3.52. The van der Waals surface area contributed by atoms with Gasteiger partial charge in [0.1, 0.15) is 0 Å². The summed E-state index contributed by atoms with van der Waals surface area (Å²) < 4.78 is 0. The van der Waals surface area contributed by atoms with Gasteiger partial charge >= 0.3 is 0 Å². The first kappa shape index (κ1) is 12.6. The zero-order valence-corrected chi connectivity index (χ0v) is 11.9. The number of anilines is 1. The summed E-state index contributed by atoms with van der Waals surface area (Å²) in [5.41, 5.74) is 2.45. The minimum absolute atomic E-state index is 0.723. The van der Waals surface area contributed by atoms with Gasteiger partial charge in [-0.05, 0) is 35.2 Å². The lowest BCUT2D eigenvalue weighted by molar-refractivity contribution is 0.682. The fourth-order valence-corrected chi connectivity index (χ4v) is 2.57. The topological polar surface area (TPSA) is 41.1 Å². The zero-order valence-electron chi connectivity index (χ0n) is 11.0. The van der Waals surface area contributed by atoms with Gasteiger partial charge in [-0.1, -0.05) is 0 Å². The van der Waals surface area contributed by atoms with Crippen LogP contribution in [0, 0.1) is 0 Å². The van der Waals surface area contributed by atoms with Crippen molar-refractivity contribution < 1.29 is 0 Å². The monoisotopic (exact) mass is 274 g/mol. The first-order valence-electron chi connectivity index (χ1n) is 6.58. The highest BCUT2D eigenvalue weighted by molar-refractivity contribution is 7.07. The van der Waals surface area contributed by atoms with E-state index in [1.807, 2.05) is 19.4 Å². The lowest BCUT2D eigenvalue weighted by atomic mass is 10.3. The van der Waals surface area contributed by atoms with E-state index >= 15 is 0 Å². The smallest absolute Gasteiger partial charge is 0.225 e. The summed E-state index contributed by atoms with van der Waals surface area (Å²) in [5.74, 6) is 0.779. The predicted molar refractivity (Wildman–Crippen MR) is 78.3 cm³/mol. The highest BCUT2D eigenvalue weighted by Crippen LogP contribution is 2.19. The SMILES string of the molecule is CN(Cc1ccsc1)c1ncc(CNC2CC2)cn1. The minimum Gasteiger partial charge on any atom is -0.340 e. The molecule has 2 heterocycles. The summed E-state index contributed by atoms with van der Waals surface area (Å²) >= 11 is 1.72. The molecule has 0 atom stereocenters. The van der Waals surface area contributed by atoms with E-state index in [0.717, 1.165) is 30.6 Å². The molecule has 1 aliphatic rings. The van der Waals surface area contributed by atoms with E-state index in [0.29, 0.717) is 0 Å². The summed E-state index contributed by atoms with van der Waals surface area (Å²) in [7, 11) is 2.02. The molecule has 5 heteroatoms. The molecule has 1 N–H and O–H groups in total. The van der Waals surface area contributed by atoms with Crippen molar-refractivity contribution >= 4 is 17.3 Å². The van der Waals surface area contributed by atoms with Gasteiger partial charge in [0.2, 0.25) is 5.95 Å². The van der Waals surface area contributed by atoms with E-state index in [2.05, 4.69) is 37.0 Å². The number of hydrogen-bond acceptors (Lipinski definition) is 5. The van der Waals surface area contributed by atoms with E-state index in [4.69, 9.17) is 0 Å². The van der Waals surface area contributed by atoms with Crippen molar-refractivity contribution in [1.29, 1.82) is 0 Å². The highest BCUT2D eigenvalue weighted by Gasteiger charge is 2.20. The number of hydrogen-bond donors (Lipinski definition) is 1. The fourth-order valence-electron chi connectivity index (χ4n) is 1.91. The van der Waals surface area contributed by atoms with E-state index in [1.165, 1.54) is 18.4 Å². The molecule has 2 aromatic heterocycles. The van der Waals surface area contributed by atoms with Crippen LogP contribution in [0.1, 0.15) is 24.0 Å². The van der Waals surface area contributed by atoms with Crippen LogP contribution in [0.4, 0.5) is 5.95 Å². The Kier molecular flexibility index (Phi) is 3.75. The van der Waals surface area contributed by atoms with Crippen LogP contribution in [0.2, 0.25) is 0 Å². The van der Waals surface area contributed by atoms with Crippen LogP contribution in [0.15, 0.2) is 29.2 Å². The molecule has 0 bridgehead atoms. The molecular weight excluding hydrogens is 256 g/mol. The molecule has 3 rings (SSSR count). The molecule has 0 spiro atoms. The van der Waals surface area contributed by atoms with E-state index < -0.39 is 0 Å². The van der Waals surface area contributed by atoms with Crippen LogP contribution in [-0.2, 0) is 13.1 Å². The maximum absolute atomic E-state index is 4.44. The van der Waals surface area contributed by atoms with Crippen LogP contribution < -0.4 is 10.2 Å². The maximum Gasteiger partial charge on any atom is 0.225 e. The number of nitrogens with one attached hydrogen (secondary N) is 1. The van der Waals surface area contributed by atoms with Gasteiger partial charge in [0.05, 0.1) is 0 Å². The predicted octanol–water partition coefficient (Wildman–Crippen LogP) is 2.43. The van der Waals surface area contributed by atoms with Crippen molar-refractivity contribution in [2.45, 2.75) is 32.0 Å². The second-order valence-corrected chi connectivity index (χ2v) is 5.81. The Balaban J connectivity index is 1.57. The number of aromatic nitrogens is 2. The lowest BCUT2D eigenvalue weighted by Crippen LogP contribution is -2.20. The molecule has 0 saturated heterocycles. The third-order valence-corrected chi connectivity index (χ3v) is 3.94. The highest BCUT2D eigenvalue weighted by atomic mass is 32.1. The van der Waals surface area contributed by atoms with Gasteiger partial charge in [-0.3, -0.25) is 0 Å². The van der Waals surface area contributed by atoms with Crippen molar-refractivity contribution in [3.05, 3.63) is 40.3 Å². The quantitative estimate of drug-likeness (QED) is 0.878. The first-order chi connectivity index (χ1) is 9.31. The number of rotatable bonds is 6. The second kappa shape index (κ2) is 5.67. The molecule has 0 aliphatic heterocycles. The van der Waals surface area contributed by atoms with Gasteiger partial charge in [-0.2, -0.15) is 11.3 Å². The van der Waals surface area contributed by atoms with Crippen LogP contribution >= 0.6 is 11.3 Å². The molecule has 100 valence electrons. The average molecular weight is 274 g/mol. The molecule has 19 heavy (non-hydrogen) atoms. The Morgan fingerprint density at radius 1 is 1.32 bits per heavy atom. The molecule has 2 aromatic rings. The van der Waals surface area contributed by atoms with Gasteiger partial charge in [-0.25, -0.2) is 9.97 Å². The Bertz CT molecular complexity index is 505. The van der Waals surface area contributed by atoms with Crippen LogP contribution in [0.3, 0.4) is 0 Å². The Labute approximate surface area is 117 Å². The molecule has 0 amide bonds. The zero-order chi connectivity index (χ0) is 13.1. The standard InChI is InChI=1S/C14H18N4S/c1-18(9-11-4-5-19-10-11)14-16-7-12(8-17-14)6-15-13-2-3-13/h4-5,7-8,10,13,15H,2-3,6,9H2,1H3. The molecule has 0 aromatic carbocycles. The van der Waals surface area contributed by atoms with Crippen LogP contribution in [0.25, 0.3) is 0 Å². The molecule has 0 radical (unpaired) electrons. The van der Waals surface area contributed by atoms with Crippen LogP contribution in [-0.4, -0.2) is 23.1 Å². The van der Waals surface area contributed by atoms with E-state index in [-0.39, 0.29) is 0 Å². The van der Waals surface area contributed by atoms with Crippen molar-refractivity contribution in [3.63, 3.8) is 0 Å². The summed E-state index contributed by atoms with van der Waals surface area (Å²) in [6, 6.07) is 2.86. The molecule has 1 fully saturated rings. The van der Waals surface area contributed by atoms with E-state index in [9.17, 15) is 0 Å². The van der Waals surface area contributed by atoms with Gasteiger partial charge in [0.25, 0.3) is 0 Å². The Morgan fingerprint density at radius 2 is 2.11 bits per heavy atom. The molecule has 1 aliphatic carbocycles. The first-order valence-corrected chi connectivity index (χ1v) is 7.52. The fraction of sp³-hybridized carbons (Fsp3) is 0.429. The van der Waals surface area contributed by atoms with Crippen molar-refractivity contribution in [3.8, 4) is 0 Å². The average Bonchev–Trinajstić information content (AvgIpc) is 3.13. The van der Waals surface area contributed by atoms with Gasteiger partial charge in [0, 0.05) is 44.1 Å². The third-order valence-electron chi connectivity index (χ3n) is 3.21. The largest absolute Gasteiger partial charge is 0.340 e. The maximum atomic E-state index is 4.44. The Hall–Kier alpha value is -1.46. The lowest BCUT2D eigenvalue weighted by Gasteiger charge is -2.16. The minimum atomic E-state index is 0.723. The van der Waals surface area contributed by atoms with Gasteiger partial charge in [0.15, 0.2) is 0 Å². The summed E-state index contributed by atoms with van der Waals surface area (Å²) in [5, 5.41) is 7.72. The van der Waals surface area contributed by atoms with Crippen molar-refractivity contribution in [2.24, 2.45) is 0 Å². The molecule has 0 unspecified atom stereocenters. The number of thiophene rings is 1. The van der Waals surface area contributed by atoms with Crippen molar-refractivity contribution in [1.82, 2.24) is 15.3 Å². The summed E-state index contributed by atoms with van der Waals surface area (Å²) in [6.45, 7) is 1.72. The van der Waals surface area contributed by atoms with Gasteiger partial charge in [-0.15, -0.1) is 0 Å². The number of nitrogens with zero attached hydrogens (tertiary/aromatic N) is 3. The summed E-state index contributed by atoms with van der Waals surface area (Å²) in [6.07, 6.45) is 6.45. The second-order valence-electron chi connectivity index (χ2n) is 5.03. The van der Waals surface area contributed by atoms with Crippen molar-refractivity contribution in [2.75, 3.05) is 11.9 Å². The Morgan fingerprint density at radius 3 is 2.74 bits per heavy atom. The molecule has 1 saturated carbocycles. The normalized spacial score (nSPS) is 14.6. The van der Waals surface area contributed by atoms with E-state index in [1.54, 1.807) is 11.3 Å². The van der Waals surface area contributed by atoms with Gasteiger partial charge < -0.3 is 10.2 Å². The molecule has 4 nitrogen and oxygen atoms in total. The molecular formula is C14H18N4S. The van der Waals surface area contributed by atoms with Crippen LogP contribution in [0.5, 0.6) is 0 Å².